The lowest BCUT2D eigenvalue weighted by atomic mass is 9.93. The van der Waals surface area contributed by atoms with Gasteiger partial charge in [-0.2, -0.15) is 0 Å². The Labute approximate surface area is 97.2 Å². The molecule has 0 spiro atoms. The van der Waals surface area contributed by atoms with Crippen LogP contribution in [0.2, 0.25) is 0 Å². The Morgan fingerprint density at radius 1 is 1.31 bits per heavy atom. The van der Waals surface area contributed by atoms with Gasteiger partial charge in [0, 0.05) is 33.2 Å². The van der Waals surface area contributed by atoms with Gasteiger partial charge in [-0.3, -0.25) is 0 Å². The van der Waals surface area contributed by atoms with Gasteiger partial charge >= 0.3 is 6.03 Å². The minimum atomic E-state index is -0.224. The normalized spacial score (nSPS) is 25.2. The molecule has 5 nitrogen and oxygen atoms in total. The average Bonchev–Trinajstić information content (AvgIpc) is 2.26. The molecule has 3 N–H and O–H groups in total. The van der Waals surface area contributed by atoms with Crippen molar-refractivity contribution in [3.8, 4) is 0 Å². The molecule has 0 heterocycles. The van der Waals surface area contributed by atoms with Gasteiger partial charge in [0.2, 0.25) is 0 Å². The van der Waals surface area contributed by atoms with Crippen molar-refractivity contribution in [2.45, 2.75) is 37.8 Å². The van der Waals surface area contributed by atoms with Crippen molar-refractivity contribution in [2.24, 2.45) is 0 Å². The zero-order chi connectivity index (χ0) is 12.0. The average molecular weight is 229 g/mol. The summed E-state index contributed by atoms with van der Waals surface area (Å²) in [5, 5.41) is 15.8. The first-order valence-electron chi connectivity index (χ1n) is 5.98. The fraction of sp³-hybridized carbons (Fsp3) is 0.909. The van der Waals surface area contributed by atoms with Crippen LogP contribution in [0.15, 0.2) is 0 Å². The molecule has 0 aromatic rings. The van der Waals surface area contributed by atoms with E-state index in [2.05, 4.69) is 10.6 Å². The smallest absolute Gasteiger partial charge is 0.316 e. The molecule has 0 aliphatic heterocycles. The lowest BCUT2D eigenvalue weighted by molar-refractivity contribution is 0.0914. The van der Waals surface area contributed by atoms with Crippen LogP contribution < -0.4 is 10.6 Å². The molecule has 0 unspecified atom stereocenters. The summed E-state index contributed by atoms with van der Waals surface area (Å²) in [4.78, 5) is 12.7. The Hall–Kier alpha value is -0.810. The van der Waals surface area contributed by atoms with E-state index >= 15 is 0 Å². The number of carbonyl (C=O) groups excluding carboxylic acids is 1. The van der Waals surface area contributed by atoms with E-state index in [-0.39, 0.29) is 18.2 Å². The van der Waals surface area contributed by atoms with E-state index in [0.29, 0.717) is 13.1 Å². The SMILES string of the molecule is CN(C)C(=O)NCCN[C@H]1CCCC[C@@H]1O. The van der Waals surface area contributed by atoms with Gasteiger partial charge in [0.15, 0.2) is 0 Å². The van der Waals surface area contributed by atoms with Crippen LogP contribution in [-0.2, 0) is 0 Å². The van der Waals surface area contributed by atoms with Crippen molar-refractivity contribution in [3.63, 3.8) is 0 Å². The van der Waals surface area contributed by atoms with Gasteiger partial charge in [0.1, 0.15) is 0 Å². The lowest BCUT2D eigenvalue weighted by Crippen LogP contribution is -2.46. The molecular formula is C11H23N3O2. The van der Waals surface area contributed by atoms with E-state index in [1.807, 2.05) is 0 Å². The first kappa shape index (κ1) is 13.3. The van der Waals surface area contributed by atoms with E-state index in [9.17, 15) is 9.90 Å². The van der Waals surface area contributed by atoms with E-state index in [0.717, 1.165) is 19.3 Å². The Morgan fingerprint density at radius 2 is 2.00 bits per heavy atom. The first-order valence-corrected chi connectivity index (χ1v) is 5.98. The van der Waals surface area contributed by atoms with Crippen LogP contribution in [0.3, 0.4) is 0 Å². The number of nitrogens with one attached hydrogen (secondary N) is 2. The standard InChI is InChI=1S/C11H23N3O2/c1-14(2)11(16)13-8-7-12-9-5-3-4-6-10(9)15/h9-10,12,15H,3-8H2,1-2H3,(H,13,16)/t9-,10-/m0/s1. The molecule has 1 aliphatic carbocycles. The summed E-state index contributed by atoms with van der Waals surface area (Å²) in [6, 6.07) is 0.121. The molecule has 2 atom stereocenters. The molecule has 1 fully saturated rings. The van der Waals surface area contributed by atoms with Gasteiger partial charge in [-0.1, -0.05) is 12.8 Å². The second-order valence-corrected chi connectivity index (χ2v) is 4.54. The highest BCUT2D eigenvalue weighted by Crippen LogP contribution is 2.17. The number of aliphatic hydroxyl groups excluding tert-OH is 1. The molecule has 0 radical (unpaired) electrons. The van der Waals surface area contributed by atoms with Crippen molar-refractivity contribution in [2.75, 3.05) is 27.2 Å². The number of hydrogen-bond donors (Lipinski definition) is 3. The third kappa shape index (κ3) is 4.37. The van der Waals surface area contributed by atoms with Crippen molar-refractivity contribution in [3.05, 3.63) is 0 Å². The van der Waals surface area contributed by atoms with Crippen LogP contribution in [-0.4, -0.2) is 55.4 Å². The molecule has 1 saturated carbocycles. The summed E-state index contributed by atoms with van der Waals surface area (Å²) in [6.07, 6.45) is 4.00. The van der Waals surface area contributed by atoms with Crippen LogP contribution in [0.25, 0.3) is 0 Å². The highest BCUT2D eigenvalue weighted by molar-refractivity contribution is 5.73. The molecule has 16 heavy (non-hydrogen) atoms. The predicted molar refractivity (Wildman–Crippen MR) is 63.4 cm³/mol. The monoisotopic (exact) mass is 229 g/mol. The Balaban J connectivity index is 2.08. The largest absolute Gasteiger partial charge is 0.392 e. The van der Waals surface area contributed by atoms with E-state index in [4.69, 9.17) is 0 Å². The number of aliphatic hydroxyl groups is 1. The van der Waals surface area contributed by atoms with Crippen LogP contribution >= 0.6 is 0 Å². The summed E-state index contributed by atoms with van der Waals surface area (Å²) < 4.78 is 0. The van der Waals surface area contributed by atoms with Crippen molar-refractivity contribution in [1.29, 1.82) is 0 Å². The number of hydrogen-bond acceptors (Lipinski definition) is 3. The summed E-state index contributed by atoms with van der Waals surface area (Å²) >= 11 is 0. The zero-order valence-electron chi connectivity index (χ0n) is 10.2. The second kappa shape index (κ2) is 6.70. The van der Waals surface area contributed by atoms with Gasteiger partial charge in [-0.25, -0.2) is 4.79 Å². The highest BCUT2D eigenvalue weighted by atomic mass is 16.3. The fourth-order valence-electron chi connectivity index (χ4n) is 1.93. The Kier molecular flexibility index (Phi) is 5.55. The van der Waals surface area contributed by atoms with Crippen LogP contribution in [0.4, 0.5) is 4.79 Å². The maximum Gasteiger partial charge on any atom is 0.316 e. The maximum atomic E-state index is 11.2. The number of urea groups is 1. The molecule has 0 bridgehead atoms. The quantitative estimate of drug-likeness (QED) is 0.601. The van der Waals surface area contributed by atoms with Gasteiger partial charge in [-0.05, 0) is 12.8 Å². The van der Waals surface area contributed by atoms with E-state index in [1.54, 1.807) is 14.1 Å². The number of amides is 2. The van der Waals surface area contributed by atoms with Gasteiger partial charge in [0.25, 0.3) is 0 Å². The van der Waals surface area contributed by atoms with Crippen molar-refractivity contribution in [1.82, 2.24) is 15.5 Å². The molecule has 5 heteroatoms. The maximum absolute atomic E-state index is 11.2. The molecule has 0 aromatic carbocycles. The first-order chi connectivity index (χ1) is 7.61. The molecular weight excluding hydrogens is 206 g/mol. The third-order valence-electron chi connectivity index (χ3n) is 2.94. The lowest BCUT2D eigenvalue weighted by Gasteiger charge is -2.28. The van der Waals surface area contributed by atoms with Crippen LogP contribution in [0, 0.1) is 0 Å². The zero-order valence-corrected chi connectivity index (χ0v) is 10.2. The van der Waals surface area contributed by atoms with Gasteiger partial charge in [0.05, 0.1) is 6.10 Å². The Morgan fingerprint density at radius 3 is 2.62 bits per heavy atom. The molecule has 94 valence electrons. The van der Waals surface area contributed by atoms with E-state index < -0.39 is 0 Å². The number of carbonyl (C=O) groups is 1. The summed E-state index contributed by atoms with van der Waals surface area (Å²) in [7, 11) is 3.43. The van der Waals surface area contributed by atoms with Crippen molar-refractivity contribution >= 4 is 6.03 Å². The minimum Gasteiger partial charge on any atom is -0.392 e. The summed E-state index contributed by atoms with van der Waals surface area (Å²) in [5.41, 5.74) is 0. The molecule has 1 rings (SSSR count). The van der Waals surface area contributed by atoms with Gasteiger partial charge in [-0.15, -0.1) is 0 Å². The number of nitrogens with zero attached hydrogens (tertiary/aromatic N) is 1. The molecule has 0 saturated heterocycles. The van der Waals surface area contributed by atoms with Crippen LogP contribution in [0.5, 0.6) is 0 Å². The topological polar surface area (TPSA) is 64.6 Å². The minimum absolute atomic E-state index is 0.0778. The van der Waals surface area contributed by atoms with Crippen molar-refractivity contribution < 1.29 is 9.90 Å². The summed E-state index contributed by atoms with van der Waals surface area (Å²) in [5.74, 6) is 0. The van der Waals surface area contributed by atoms with Gasteiger partial charge < -0.3 is 20.6 Å². The molecule has 1 aliphatic rings. The molecule has 2 amide bonds. The van der Waals surface area contributed by atoms with Crippen LogP contribution in [0.1, 0.15) is 25.7 Å². The highest BCUT2D eigenvalue weighted by Gasteiger charge is 2.21. The fourth-order valence-corrected chi connectivity index (χ4v) is 1.93. The summed E-state index contributed by atoms with van der Waals surface area (Å²) in [6.45, 7) is 1.31. The molecule has 0 aromatic heterocycles. The Bertz CT molecular complexity index is 221. The van der Waals surface area contributed by atoms with E-state index in [1.165, 1.54) is 11.3 Å². The number of rotatable bonds is 4. The third-order valence-corrected chi connectivity index (χ3v) is 2.94. The predicted octanol–water partition coefficient (Wildman–Crippen LogP) is 0.151. The second-order valence-electron chi connectivity index (χ2n) is 4.54.